The molecule has 2 rings (SSSR count). The molecule has 2 aromatic rings. The molecule has 1 nitrogen and oxygen atoms in total. The maximum atomic E-state index is 6.24. The summed E-state index contributed by atoms with van der Waals surface area (Å²) in [5, 5.41) is 0.340. The van der Waals surface area contributed by atoms with Crippen LogP contribution in [0.2, 0.25) is 0 Å². The third kappa shape index (κ3) is 4.36. The fourth-order valence-corrected chi connectivity index (χ4v) is 4.06. The predicted octanol–water partition coefficient (Wildman–Crippen LogP) is 4.93. The molecule has 0 aliphatic rings. The minimum atomic E-state index is 0.141. The maximum Gasteiger partial charge on any atom is 0.0451 e. The van der Waals surface area contributed by atoms with E-state index in [1.165, 1.54) is 27.8 Å². The lowest BCUT2D eigenvalue weighted by Crippen LogP contribution is -2.23. The van der Waals surface area contributed by atoms with Crippen LogP contribution in [0.25, 0.3) is 0 Å². The van der Waals surface area contributed by atoms with Crippen molar-refractivity contribution in [2.45, 2.75) is 44.7 Å². The number of benzene rings is 2. The fraction of sp³-hybridized carbons (Fsp3) is 0.368. The van der Waals surface area contributed by atoms with Crippen LogP contribution in [0.1, 0.15) is 40.0 Å². The zero-order chi connectivity index (χ0) is 15.4. The van der Waals surface area contributed by atoms with Gasteiger partial charge in [0.05, 0.1) is 0 Å². The molecule has 0 saturated heterocycles. The predicted molar refractivity (Wildman–Crippen MR) is 94.8 cm³/mol. The van der Waals surface area contributed by atoms with Gasteiger partial charge in [-0.25, -0.2) is 0 Å². The van der Waals surface area contributed by atoms with Gasteiger partial charge in [0.15, 0.2) is 0 Å². The summed E-state index contributed by atoms with van der Waals surface area (Å²) in [6.45, 7) is 8.59. The average Bonchev–Trinajstić information content (AvgIpc) is 2.39. The van der Waals surface area contributed by atoms with E-state index in [0.29, 0.717) is 5.25 Å². The highest BCUT2D eigenvalue weighted by Gasteiger charge is 2.18. The van der Waals surface area contributed by atoms with Crippen molar-refractivity contribution in [3.63, 3.8) is 0 Å². The smallest absolute Gasteiger partial charge is 0.0451 e. The molecule has 2 aromatic carbocycles. The SMILES string of the molecule is Cc1cc(C)cc(CSC(c2ccccc2C)C(C)N)c1. The molecule has 2 N–H and O–H groups in total. The molecule has 0 aromatic heterocycles. The van der Waals surface area contributed by atoms with E-state index in [0.717, 1.165) is 5.75 Å². The molecule has 2 atom stereocenters. The molecule has 112 valence electrons. The molecule has 2 heteroatoms. The van der Waals surface area contributed by atoms with Crippen molar-refractivity contribution in [1.82, 2.24) is 0 Å². The topological polar surface area (TPSA) is 26.0 Å². The first kappa shape index (κ1) is 16.1. The van der Waals surface area contributed by atoms with Crippen LogP contribution in [0.15, 0.2) is 42.5 Å². The fourth-order valence-electron chi connectivity index (χ4n) is 2.77. The summed E-state index contributed by atoms with van der Waals surface area (Å²) in [5.74, 6) is 1.00. The second-order valence-corrected chi connectivity index (χ2v) is 7.07. The number of hydrogen-bond donors (Lipinski definition) is 1. The molecule has 0 spiro atoms. The van der Waals surface area contributed by atoms with Crippen LogP contribution in [0.5, 0.6) is 0 Å². The zero-order valence-corrected chi connectivity index (χ0v) is 14.2. The molecule has 0 amide bonds. The number of hydrogen-bond acceptors (Lipinski definition) is 2. The van der Waals surface area contributed by atoms with Crippen molar-refractivity contribution < 1.29 is 0 Å². The van der Waals surface area contributed by atoms with Gasteiger partial charge in [0.25, 0.3) is 0 Å². The van der Waals surface area contributed by atoms with E-state index in [4.69, 9.17) is 5.73 Å². The Kier molecular flexibility index (Phi) is 5.49. The highest BCUT2D eigenvalue weighted by Crippen LogP contribution is 2.35. The van der Waals surface area contributed by atoms with Crippen LogP contribution < -0.4 is 5.73 Å². The summed E-state index contributed by atoms with van der Waals surface area (Å²) in [6.07, 6.45) is 0. The Labute approximate surface area is 133 Å². The van der Waals surface area contributed by atoms with Crippen molar-refractivity contribution >= 4 is 11.8 Å². The summed E-state index contributed by atoms with van der Waals surface area (Å²) in [6, 6.07) is 15.5. The van der Waals surface area contributed by atoms with Gasteiger partial charge in [-0.3, -0.25) is 0 Å². The second-order valence-electron chi connectivity index (χ2n) is 5.94. The Balaban J connectivity index is 2.16. The van der Waals surface area contributed by atoms with E-state index in [1.807, 2.05) is 11.8 Å². The van der Waals surface area contributed by atoms with Crippen molar-refractivity contribution in [1.29, 1.82) is 0 Å². The highest BCUT2D eigenvalue weighted by molar-refractivity contribution is 7.98. The van der Waals surface area contributed by atoms with Gasteiger partial charge in [0, 0.05) is 17.0 Å². The third-order valence-electron chi connectivity index (χ3n) is 3.68. The lowest BCUT2D eigenvalue weighted by molar-refractivity contribution is 0.718. The van der Waals surface area contributed by atoms with Crippen molar-refractivity contribution in [2.24, 2.45) is 5.73 Å². The Morgan fingerprint density at radius 3 is 2.19 bits per heavy atom. The summed E-state index contributed by atoms with van der Waals surface area (Å²) in [4.78, 5) is 0. The van der Waals surface area contributed by atoms with Gasteiger partial charge in [-0.1, -0.05) is 53.6 Å². The van der Waals surface area contributed by atoms with Gasteiger partial charge < -0.3 is 5.73 Å². The van der Waals surface area contributed by atoms with E-state index >= 15 is 0 Å². The van der Waals surface area contributed by atoms with Gasteiger partial charge in [-0.2, -0.15) is 0 Å². The van der Waals surface area contributed by atoms with Gasteiger partial charge in [0.2, 0.25) is 0 Å². The van der Waals surface area contributed by atoms with E-state index < -0.39 is 0 Å². The molecule has 0 radical (unpaired) electrons. The molecule has 21 heavy (non-hydrogen) atoms. The Hall–Kier alpha value is -1.25. The number of aryl methyl sites for hydroxylation is 3. The van der Waals surface area contributed by atoms with Crippen LogP contribution in [0.4, 0.5) is 0 Å². The van der Waals surface area contributed by atoms with Gasteiger partial charge in [-0.15, -0.1) is 11.8 Å². The largest absolute Gasteiger partial charge is 0.327 e. The van der Waals surface area contributed by atoms with Gasteiger partial charge in [-0.05, 0) is 44.4 Å². The quantitative estimate of drug-likeness (QED) is 0.847. The molecule has 0 aliphatic heterocycles. The molecule has 0 fully saturated rings. The molecule has 0 bridgehead atoms. The van der Waals surface area contributed by atoms with Gasteiger partial charge in [0.1, 0.15) is 0 Å². The Morgan fingerprint density at radius 1 is 1.00 bits per heavy atom. The van der Waals surface area contributed by atoms with Crippen LogP contribution in [0.3, 0.4) is 0 Å². The second kappa shape index (κ2) is 7.15. The normalized spacial score (nSPS) is 14.0. The molecule has 0 heterocycles. The third-order valence-corrected chi connectivity index (χ3v) is 5.23. The summed E-state index contributed by atoms with van der Waals surface area (Å²) < 4.78 is 0. The number of thioether (sulfide) groups is 1. The van der Waals surface area contributed by atoms with Crippen LogP contribution in [0, 0.1) is 20.8 Å². The van der Waals surface area contributed by atoms with Crippen LogP contribution in [-0.2, 0) is 5.75 Å². The van der Waals surface area contributed by atoms with Crippen molar-refractivity contribution in [3.05, 3.63) is 70.3 Å². The first-order valence-corrected chi connectivity index (χ1v) is 8.52. The molecular weight excluding hydrogens is 274 g/mol. The summed E-state index contributed by atoms with van der Waals surface area (Å²) >= 11 is 1.94. The Morgan fingerprint density at radius 2 is 1.62 bits per heavy atom. The average molecular weight is 299 g/mol. The minimum absolute atomic E-state index is 0.141. The van der Waals surface area contributed by atoms with Crippen molar-refractivity contribution in [3.8, 4) is 0 Å². The Bertz CT molecular complexity index is 584. The van der Waals surface area contributed by atoms with Crippen LogP contribution in [-0.4, -0.2) is 6.04 Å². The number of nitrogens with two attached hydrogens (primary N) is 1. The molecule has 2 unspecified atom stereocenters. The van der Waals surface area contributed by atoms with E-state index in [2.05, 4.69) is 70.2 Å². The standard InChI is InChI=1S/C19H25NS/c1-13-9-14(2)11-17(10-13)12-21-19(16(4)20)18-8-6-5-7-15(18)3/h5-11,16,19H,12,20H2,1-4H3. The minimum Gasteiger partial charge on any atom is -0.327 e. The van der Waals surface area contributed by atoms with E-state index in [-0.39, 0.29) is 6.04 Å². The van der Waals surface area contributed by atoms with E-state index in [9.17, 15) is 0 Å². The first-order chi connectivity index (χ1) is 9.97. The molecular formula is C19H25NS. The highest BCUT2D eigenvalue weighted by atomic mass is 32.2. The van der Waals surface area contributed by atoms with Gasteiger partial charge >= 0.3 is 0 Å². The molecule has 0 aliphatic carbocycles. The number of rotatable bonds is 5. The van der Waals surface area contributed by atoms with Crippen molar-refractivity contribution in [2.75, 3.05) is 0 Å². The zero-order valence-electron chi connectivity index (χ0n) is 13.4. The lowest BCUT2D eigenvalue weighted by Gasteiger charge is -2.23. The monoisotopic (exact) mass is 299 g/mol. The lowest BCUT2D eigenvalue weighted by atomic mass is 10.0. The van der Waals surface area contributed by atoms with Crippen LogP contribution >= 0.6 is 11.8 Å². The maximum absolute atomic E-state index is 6.24. The first-order valence-electron chi connectivity index (χ1n) is 7.47. The summed E-state index contributed by atoms with van der Waals surface area (Å²) in [5.41, 5.74) is 13.0. The molecule has 0 saturated carbocycles. The summed E-state index contributed by atoms with van der Waals surface area (Å²) in [7, 11) is 0. The van der Waals surface area contributed by atoms with E-state index in [1.54, 1.807) is 0 Å².